The zero-order valence-corrected chi connectivity index (χ0v) is 9.48. The van der Waals surface area contributed by atoms with Gasteiger partial charge in [-0.1, -0.05) is 23.7 Å². The van der Waals surface area contributed by atoms with E-state index in [4.69, 9.17) is 22.1 Å². The van der Waals surface area contributed by atoms with Crippen molar-refractivity contribution in [3.8, 4) is 5.75 Å². The minimum absolute atomic E-state index is 0.282. The molecule has 0 aliphatic carbocycles. The number of ether oxygens (including phenoxy) is 1. The highest BCUT2D eigenvalue weighted by Gasteiger charge is 2.07. The molecule has 2 aromatic rings. The van der Waals surface area contributed by atoms with E-state index in [0.717, 1.165) is 0 Å². The fourth-order valence-electron chi connectivity index (χ4n) is 1.21. The van der Waals surface area contributed by atoms with Crippen molar-refractivity contribution in [2.45, 2.75) is 6.61 Å². The van der Waals surface area contributed by atoms with Crippen molar-refractivity contribution in [2.75, 3.05) is 5.73 Å². The van der Waals surface area contributed by atoms with Crippen LogP contribution in [0.1, 0.15) is 5.82 Å². The average molecular weight is 239 g/mol. The van der Waals surface area contributed by atoms with Gasteiger partial charge in [-0.25, -0.2) is 0 Å². The van der Waals surface area contributed by atoms with E-state index in [2.05, 4.69) is 10.2 Å². The molecule has 0 radical (unpaired) electrons. The van der Waals surface area contributed by atoms with Gasteiger partial charge in [-0.3, -0.25) is 4.57 Å². The minimum atomic E-state index is 0.282. The van der Waals surface area contributed by atoms with E-state index >= 15 is 0 Å². The predicted molar refractivity (Wildman–Crippen MR) is 61.2 cm³/mol. The van der Waals surface area contributed by atoms with Crippen molar-refractivity contribution in [1.29, 1.82) is 0 Å². The number of halogens is 1. The maximum Gasteiger partial charge on any atom is 0.221 e. The van der Waals surface area contributed by atoms with Gasteiger partial charge in [0.1, 0.15) is 12.4 Å². The Kier molecular flexibility index (Phi) is 2.96. The van der Waals surface area contributed by atoms with Crippen LogP contribution < -0.4 is 10.5 Å². The second-order valence-corrected chi connectivity index (χ2v) is 3.66. The molecule has 1 aromatic carbocycles. The van der Waals surface area contributed by atoms with E-state index in [1.54, 1.807) is 23.7 Å². The highest BCUT2D eigenvalue weighted by atomic mass is 35.5. The molecular weight excluding hydrogens is 228 g/mol. The van der Waals surface area contributed by atoms with Crippen LogP contribution in [-0.2, 0) is 13.7 Å². The molecule has 0 bridgehead atoms. The number of anilines is 1. The Hall–Kier alpha value is -1.75. The third kappa shape index (κ3) is 2.09. The molecule has 84 valence electrons. The summed E-state index contributed by atoms with van der Waals surface area (Å²) in [6.07, 6.45) is 0. The van der Waals surface area contributed by atoms with Crippen LogP contribution in [0.15, 0.2) is 24.3 Å². The van der Waals surface area contributed by atoms with Crippen molar-refractivity contribution < 1.29 is 4.74 Å². The average Bonchev–Trinajstić information content (AvgIpc) is 2.59. The number of rotatable bonds is 3. The number of aromatic nitrogens is 3. The number of benzene rings is 1. The van der Waals surface area contributed by atoms with Crippen LogP contribution in [0, 0.1) is 0 Å². The van der Waals surface area contributed by atoms with Crippen LogP contribution in [0.25, 0.3) is 0 Å². The Labute approximate surface area is 97.8 Å². The second kappa shape index (κ2) is 4.40. The first-order valence-electron chi connectivity index (χ1n) is 4.69. The van der Waals surface area contributed by atoms with E-state index in [1.807, 2.05) is 12.1 Å². The SMILES string of the molecule is Cn1c(N)nnc1COc1ccccc1Cl. The van der Waals surface area contributed by atoms with Gasteiger partial charge in [0.25, 0.3) is 0 Å². The fraction of sp³-hybridized carbons (Fsp3) is 0.200. The fourth-order valence-corrected chi connectivity index (χ4v) is 1.40. The van der Waals surface area contributed by atoms with Crippen LogP contribution in [0.3, 0.4) is 0 Å². The molecule has 5 nitrogen and oxygen atoms in total. The Balaban J connectivity index is 2.08. The topological polar surface area (TPSA) is 66.0 Å². The normalized spacial score (nSPS) is 10.4. The zero-order chi connectivity index (χ0) is 11.5. The molecule has 1 heterocycles. The molecule has 6 heteroatoms. The quantitative estimate of drug-likeness (QED) is 0.883. The molecule has 0 saturated heterocycles. The monoisotopic (exact) mass is 238 g/mol. The number of nitrogens with zero attached hydrogens (tertiary/aromatic N) is 3. The van der Waals surface area contributed by atoms with Gasteiger partial charge in [-0.2, -0.15) is 0 Å². The maximum absolute atomic E-state index is 5.94. The van der Waals surface area contributed by atoms with Gasteiger partial charge in [-0.05, 0) is 12.1 Å². The highest BCUT2D eigenvalue weighted by Crippen LogP contribution is 2.23. The molecule has 16 heavy (non-hydrogen) atoms. The molecule has 0 unspecified atom stereocenters. The van der Waals surface area contributed by atoms with E-state index < -0.39 is 0 Å². The van der Waals surface area contributed by atoms with Gasteiger partial charge >= 0.3 is 0 Å². The minimum Gasteiger partial charge on any atom is -0.484 e. The predicted octanol–water partition coefficient (Wildman–Crippen LogP) is 1.63. The summed E-state index contributed by atoms with van der Waals surface area (Å²) in [4.78, 5) is 0. The number of nitrogen functional groups attached to an aromatic ring is 1. The molecule has 0 fully saturated rings. The van der Waals surface area contributed by atoms with Gasteiger partial charge in [-0.15, -0.1) is 10.2 Å². The van der Waals surface area contributed by atoms with Gasteiger partial charge in [0.05, 0.1) is 5.02 Å². The van der Waals surface area contributed by atoms with Crippen LogP contribution in [0.2, 0.25) is 5.02 Å². The van der Waals surface area contributed by atoms with Crippen LogP contribution in [0.5, 0.6) is 5.75 Å². The van der Waals surface area contributed by atoms with Gasteiger partial charge in [0.2, 0.25) is 5.95 Å². The van der Waals surface area contributed by atoms with Crippen LogP contribution >= 0.6 is 11.6 Å². The van der Waals surface area contributed by atoms with Crippen molar-refractivity contribution in [3.63, 3.8) is 0 Å². The Morgan fingerprint density at radius 2 is 2.12 bits per heavy atom. The Morgan fingerprint density at radius 1 is 1.38 bits per heavy atom. The summed E-state index contributed by atoms with van der Waals surface area (Å²) in [6, 6.07) is 7.26. The number of nitrogens with two attached hydrogens (primary N) is 1. The zero-order valence-electron chi connectivity index (χ0n) is 8.72. The maximum atomic E-state index is 5.94. The molecular formula is C10H11ClN4O. The smallest absolute Gasteiger partial charge is 0.221 e. The van der Waals surface area contributed by atoms with E-state index in [0.29, 0.717) is 22.5 Å². The van der Waals surface area contributed by atoms with Gasteiger partial charge in [0.15, 0.2) is 5.82 Å². The third-order valence-electron chi connectivity index (χ3n) is 2.19. The number of para-hydroxylation sites is 1. The van der Waals surface area contributed by atoms with E-state index in [-0.39, 0.29) is 6.61 Å². The van der Waals surface area contributed by atoms with Crippen molar-refractivity contribution in [3.05, 3.63) is 35.1 Å². The lowest BCUT2D eigenvalue weighted by Crippen LogP contribution is -2.05. The van der Waals surface area contributed by atoms with Crippen molar-refractivity contribution >= 4 is 17.5 Å². The van der Waals surface area contributed by atoms with Crippen LogP contribution in [-0.4, -0.2) is 14.8 Å². The summed E-state index contributed by atoms with van der Waals surface area (Å²) in [5.74, 6) is 1.63. The standard InChI is InChI=1S/C10H11ClN4O/c1-15-9(13-14-10(15)12)6-16-8-5-3-2-4-7(8)11/h2-5H,6H2,1H3,(H2,12,14). The molecule has 0 spiro atoms. The third-order valence-corrected chi connectivity index (χ3v) is 2.50. The summed E-state index contributed by atoms with van der Waals surface area (Å²) >= 11 is 5.94. The van der Waals surface area contributed by atoms with E-state index in [9.17, 15) is 0 Å². The molecule has 0 amide bonds. The summed E-state index contributed by atoms with van der Waals surface area (Å²) < 4.78 is 7.17. The molecule has 2 rings (SSSR count). The lowest BCUT2D eigenvalue weighted by atomic mass is 10.3. The first-order chi connectivity index (χ1) is 7.68. The van der Waals surface area contributed by atoms with Gasteiger partial charge in [0, 0.05) is 7.05 Å². The first kappa shape index (κ1) is 10.8. The summed E-state index contributed by atoms with van der Waals surface area (Å²) in [5.41, 5.74) is 5.55. The Bertz CT molecular complexity index is 497. The molecule has 2 N–H and O–H groups in total. The molecule has 0 aliphatic heterocycles. The number of hydrogen-bond acceptors (Lipinski definition) is 4. The van der Waals surface area contributed by atoms with Gasteiger partial charge < -0.3 is 10.5 Å². The van der Waals surface area contributed by atoms with E-state index in [1.165, 1.54) is 0 Å². The molecule has 0 atom stereocenters. The summed E-state index contributed by atoms with van der Waals surface area (Å²) in [7, 11) is 1.78. The first-order valence-corrected chi connectivity index (χ1v) is 5.07. The lowest BCUT2D eigenvalue weighted by molar-refractivity contribution is 0.291. The molecule has 0 aliphatic rings. The summed E-state index contributed by atoms with van der Waals surface area (Å²) in [6.45, 7) is 0.282. The largest absolute Gasteiger partial charge is 0.484 e. The number of hydrogen-bond donors (Lipinski definition) is 1. The molecule has 0 saturated carbocycles. The van der Waals surface area contributed by atoms with Crippen molar-refractivity contribution in [2.24, 2.45) is 7.05 Å². The van der Waals surface area contributed by atoms with Crippen LogP contribution in [0.4, 0.5) is 5.95 Å². The Morgan fingerprint density at radius 3 is 2.75 bits per heavy atom. The summed E-state index contributed by atoms with van der Waals surface area (Å²) in [5, 5.41) is 8.18. The molecule has 1 aromatic heterocycles. The highest BCUT2D eigenvalue weighted by molar-refractivity contribution is 6.32. The second-order valence-electron chi connectivity index (χ2n) is 3.25. The lowest BCUT2D eigenvalue weighted by Gasteiger charge is -2.06. The van der Waals surface area contributed by atoms with Crippen molar-refractivity contribution in [1.82, 2.24) is 14.8 Å².